The van der Waals surface area contributed by atoms with Crippen LogP contribution in [0.3, 0.4) is 0 Å². The van der Waals surface area contributed by atoms with Crippen molar-refractivity contribution in [2.75, 3.05) is 32.5 Å². The molecule has 0 spiro atoms. The van der Waals surface area contributed by atoms with Crippen LogP contribution in [-0.2, 0) is 17.4 Å². The number of ether oxygens (including phenoxy) is 1. The van der Waals surface area contributed by atoms with Crippen LogP contribution in [0.15, 0.2) is 60.8 Å². The van der Waals surface area contributed by atoms with E-state index in [-0.39, 0.29) is 23.7 Å². The zero-order valence-corrected chi connectivity index (χ0v) is 21.0. The molecule has 2 aromatic carbocycles. The first-order valence-electron chi connectivity index (χ1n) is 11.3. The number of benzene rings is 2. The van der Waals surface area contributed by atoms with E-state index >= 15 is 0 Å². The highest BCUT2D eigenvalue weighted by atomic mass is 35.5. The molecule has 0 saturated carbocycles. The highest BCUT2D eigenvalue weighted by Crippen LogP contribution is 2.36. The third kappa shape index (κ3) is 8.76. The lowest BCUT2D eigenvalue weighted by atomic mass is 10.1. The Labute approximate surface area is 217 Å². The van der Waals surface area contributed by atoms with E-state index in [1.54, 1.807) is 30.3 Å². The van der Waals surface area contributed by atoms with Gasteiger partial charge in [0.2, 0.25) is 5.91 Å². The zero-order chi connectivity index (χ0) is 27.0. The fourth-order valence-electron chi connectivity index (χ4n) is 3.28. The van der Waals surface area contributed by atoms with Crippen molar-refractivity contribution in [1.29, 1.82) is 0 Å². The van der Waals surface area contributed by atoms with Gasteiger partial charge in [0.1, 0.15) is 17.2 Å². The van der Waals surface area contributed by atoms with Gasteiger partial charge in [0.15, 0.2) is 0 Å². The molecule has 0 bridgehead atoms. The molecule has 37 heavy (non-hydrogen) atoms. The van der Waals surface area contributed by atoms with Gasteiger partial charge in [0.25, 0.3) is 5.91 Å². The number of nitrogens with zero attached hydrogens (tertiary/aromatic N) is 2. The van der Waals surface area contributed by atoms with Gasteiger partial charge in [0.05, 0.1) is 10.6 Å². The second kappa shape index (κ2) is 12.6. The first-order valence-corrected chi connectivity index (χ1v) is 11.7. The summed E-state index contributed by atoms with van der Waals surface area (Å²) in [5.74, 6) is 0.164. The molecule has 0 unspecified atom stereocenters. The molecule has 0 fully saturated rings. The Hall–Kier alpha value is -3.63. The van der Waals surface area contributed by atoms with E-state index in [4.69, 9.17) is 16.3 Å². The highest BCUT2D eigenvalue weighted by Gasteiger charge is 2.33. The average molecular weight is 535 g/mol. The summed E-state index contributed by atoms with van der Waals surface area (Å²) in [7, 11) is 3.82. The second-order valence-electron chi connectivity index (χ2n) is 8.43. The topological polar surface area (TPSA) is 83.6 Å². The van der Waals surface area contributed by atoms with Crippen molar-refractivity contribution in [3.8, 4) is 11.5 Å². The molecule has 1 heterocycles. The number of carbonyl (C=O) groups excluding carboxylic acids is 2. The summed E-state index contributed by atoms with van der Waals surface area (Å²) in [6, 6.07) is 13.4. The lowest BCUT2D eigenvalue weighted by molar-refractivity contribution is -0.137. The van der Waals surface area contributed by atoms with E-state index in [1.807, 2.05) is 19.0 Å². The summed E-state index contributed by atoms with van der Waals surface area (Å²) in [6.07, 6.45) is -2.77. The molecule has 0 radical (unpaired) electrons. The Morgan fingerprint density at radius 1 is 1.05 bits per heavy atom. The van der Waals surface area contributed by atoms with Crippen molar-refractivity contribution >= 4 is 29.1 Å². The number of aromatic nitrogens is 1. The van der Waals surface area contributed by atoms with Crippen LogP contribution in [0, 0.1) is 0 Å². The summed E-state index contributed by atoms with van der Waals surface area (Å²) >= 11 is 5.62. The van der Waals surface area contributed by atoms with E-state index < -0.39 is 22.7 Å². The van der Waals surface area contributed by atoms with Gasteiger partial charge in [0, 0.05) is 37.5 Å². The van der Waals surface area contributed by atoms with Crippen LogP contribution in [0.2, 0.25) is 5.02 Å². The Morgan fingerprint density at radius 2 is 1.81 bits per heavy atom. The lowest BCUT2D eigenvalue weighted by Gasteiger charge is -2.12. The number of hydrogen-bond donors (Lipinski definition) is 2. The van der Waals surface area contributed by atoms with Gasteiger partial charge in [-0.2, -0.15) is 13.2 Å². The third-order valence-electron chi connectivity index (χ3n) is 5.14. The maximum Gasteiger partial charge on any atom is 0.417 e. The second-order valence-corrected chi connectivity index (χ2v) is 8.83. The van der Waals surface area contributed by atoms with E-state index in [0.717, 1.165) is 17.7 Å². The number of halogens is 4. The van der Waals surface area contributed by atoms with Crippen LogP contribution in [0.1, 0.15) is 28.0 Å². The molecule has 3 rings (SSSR count). The van der Waals surface area contributed by atoms with Gasteiger partial charge in [-0.05, 0) is 62.5 Å². The minimum atomic E-state index is -4.62. The summed E-state index contributed by atoms with van der Waals surface area (Å²) in [6.45, 7) is 1.18. The van der Waals surface area contributed by atoms with Crippen molar-refractivity contribution in [3.05, 3.63) is 82.6 Å². The molecule has 0 aliphatic carbocycles. The molecule has 2 amide bonds. The summed E-state index contributed by atoms with van der Waals surface area (Å²) in [5.41, 5.74) is 0.00980. The Kier molecular flexibility index (Phi) is 9.48. The molecule has 0 aliphatic rings. The predicted octanol–water partition coefficient (Wildman–Crippen LogP) is 5.41. The molecule has 11 heteroatoms. The Balaban J connectivity index is 1.57. The average Bonchev–Trinajstić information content (AvgIpc) is 2.83. The lowest BCUT2D eigenvalue weighted by Crippen LogP contribution is -2.31. The number of aryl methyl sites for hydroxylation is 1. The fourth-order valence-corrected chi connectivity index (χ4v) is 3.51. The number of anilines is 1. The first kappa shape index (κ1) is 27.9. The maximum atomic E-state index is 13.0. The van der Waals surface area contributed by atoms with E-state index in [0.29, 0.717) is 31.0 Å². The van der Waals surface area contributed by atoms with Crippen LogP contribution in [-0.4, -0.2) is 48.9 Å². The van der Waals surface area contributed by atoms with Crippen molar-refractivity contribution < 1.29 is 27.5 Å². The summed E-state index contributed by atoms with van der Waals surface area (Å²) in [5, 5.41) is 4.82. The van der Waals surface area contributed by atoms with Gasteiger partial charge in [-0.1, -0.05) is 23.7 Å². The number of likely N-dealkylation sites (N-methyl/N-ethyl adjacent to an activating group) is 1. The number of pyridine rings is 1. The monoisotopic (exact) mass is 534 g/mol. The van der Waals surface area contributed by atoms with E-state index in [9.17, 15) is 22.8 Å². The van der Waals surface area contributed by atoms with Crippen molar-refractivity contribution in [2.45, 2.75) is 19.0 Å². The smallest absolute Gasteiger partial charge is 0.417 e. The molecule has 196 valence electrons. The van der Waals surface area contributed by atoms with Crippen molar-refractivity contribution in [3.63, 3.8) is 0 Å². The largest absolute Gasteiger partial charge is 0.457 e. The van der Waals surface area contributed by atoms with Gasteiger partial charge in [-0.25, -0.2) is 0 Å². The summed E-state index contributed by atoms with van der Waals surface area (Å²) in [4.78, 5) is 30.7. The normalized spacial score (nSPS) is 11.3. The van der Waals surface area contributed by atoms with Crippen LogP contribution in [0.5, 0.6) is 11.5 Å². The Morgan fingerprint density at radius 3 is 2.54 bits per heavy atom. The molecule has 0 saturated heterocycles. The van der Waals surface area contributed by atoms with Crippen LogP contribution >= 0.6 is 11.6 Å². The number of alkyl halides is 3. The quantitative estimate of drug-likeness (QED) is 0.363. The van der Waals surface area contributed by atoms with Crippen LogP contribution < -0.4 is 15.4 Å². The summed E-state index contributed by atoms with van der Waals surface area (Å²) < 4.78 is 45.0. The highest BCUT2D eigenvalue weighted by molar-refractivity contribution is 6.31. The minimum absolute atomic E-state index is 0.0121. The Bertz CT molecular complexity index is 1250. The fraction of sp³-hybridized carbons (Fsp3) is 0.269. The number of nitrogens with one attached hydrogen (secondary N) is 2. The van der Waals surface area contributed by atoms with Gasteiger partial charge in [-0.15, -0.1) is 0 Å². The van der Waals surface area contributed by atoms with Crippen molar-refractivity contribution in [2.24, 2.45) is 0 Å². The first-order chi connectivity index (χ1) is 17.5. The van der Waals surface area contributed by atoms with E-state index in [2.05, 4.69) is 15.6 Å². The number of amides is 2. The minimum Gasteiger partial charge on any atom is -0.457 e. The molecule has 1 aromatic heterocycles. The SMILES string of the molecule is CN(C)CCNC(=O)c1cc(Oc2cccc(CCC(=O)Nc3ccc(Cl)c(C(F)(F)F)c3)c2)ccn1. The molecule has 0 aliphatic heterocycles. The molecular weight excluding hydrogens is 509 g/mol. The molecule has 3 aromatic rings. The van der Waals surface area contributed by atoms with Crippen LogP contribution in [0.25, 0.3) is 0 Å². The number of rotatable bonds is 10. The number of carbonyl (C=O) groups is 2. The number of hydrogen-bond acceptors (Lipinski definition) is 5. The molecular formula is C26H26ClF3N4O3. The molecule has 7 nitrogen and oxygen atoms in total. The standard InChI is InChI=1S/C26H26ClF3N4O3/c1-34(2)13-12-32-25(36)23-16-20(10-11-31-23)37-19-5-3-4-17(14-19)6-9-24(35)33-18-7-8-22(27)21(15-18)26(28,29)30/h3-5,7-8,10-11,14-16H,6,9,12-13H2,1-2H3,(H,32,36)(H,33,35). The van der Waals surface area contributed by atoms with Gasteiger partial charge in [-0.3, -0.25) is 14.6 Å². The third-order valence-corrected chi connectivity index (χ3v) is 5.47. The van der Waals surface area contributed by atoms with Gasteiger partial charge < -0.3 is 20.3 Å². The maximum absolute atomic E-state index is 13.0. The predicted molar refractivity (Wildman–Crippen MR) is 135 cm³/mol. The zero-order valence-electron chi connectivity index (χ0n) is 20.2. The molecule has 2 N–H and O–H groups in total. The van der Waals surface area contributed by atoms with Gasteiger partial charge >= 0.3 is 6.18 Å². The van der Waals surface area contributed by atoms with Crippen LogP contribution in [0.4, 0.5) is 18.9 Å². The van der Waals surface area contributed by atoms with E-state index in [1.165, 1.54) is 18.3 Å². The van der Waals surface area contributed by atoms with Crippen molar-refractivity contribution in [1.82, 2.24) is 15.2 Å². The molecule has 0 atom stereocenters.